The lowest BCUT2D eigenvalue weighted by Crippen LogP contribution is -2.51. The van der Waals surface area contributed by atoms with Gasteiger partial charge in [0.15, 0.2) is 17.4 Å². The van der Waals surface area contributed by atoms with Gasteiger partial charge in [-0.25, -0.2) is 4.98 Å². The maximum Gasteiger partial charge on any atom is 0.324 e. The average molecular weight is 473 g/mol. The third-order valence-electron chi connectivity index (χ3n) is 5.38. The molecular weight excluding hydrogens is 445 g/mol. The fourth-order valence-corrected chi connectivity index (χ4v) is 6.11. The van der Waals surface area contributed by atoms with E-state index in [-0.39, 0.29) is 29.1 Å². The zero-order valence-corrected chi connectivity index (χ0v) is 19.6. The average Bonchev–Trinajstić information content (AvgIpc) is 3.08. The summed E-state index contributed by atoms with van der Waals surface area (Å²) < 4.78 is 25.6. The van der Waals surface area contributed by atoms with Crippen molar-refractivity contribution in [3.63, 3.8) is 0 Å². The molecule has 11 nitrogen and oxygen atoms in total. The first-order valence-corrected chi connectivity index (χ1v) is 12.7. The Hall–Kier alpha value is -1.40. The largest absolute Gasteiger partial charge is 0.371 e. The van der Waals surface area contributed by atoms with Gasteiger partial charge in [0, 0.05) is 6.42 Å². The molecule has 2 bridgehead atoms. The van der Waals surface area contributed by atoms with Crippen LogP contribution in [0.5, 0.6) is 0 Å². The molecule has 2 saturated heterocycles. The lowest BCUT2D eigenvalue weighted by Gasteiger charge is -2.42. The highest BCUT2D eigenvalue weighted by Gasteiger charge is 2.62. The van der Waals surface area contributed by atoms with Crippen LogP contribution in [0, 0.1) is 5.41 Å². The number of hydrogen-bond acceptors (Lipinski definition) is 9. The van der Waals surface area contributed by atoms with Crippen LogP contribution < -0.4 is 11.3 Å². The number of rotatable bonds is 6. The number of nitrogens with one attached hydrogen (secondary N) is 1. The minimum absolute atomic E-state index is 0.0273. The molecule has 4 heterocycles. The summed E-state index contributed by atoms with van der Waals surface area (Å²) in [6, 6.07) is 0. The molecular formula is C18H28N5O6PS. The van der Waals surface area contributed by atoms with E-state index >= 15 is 0 Å². The number of fused-ring (bicyclic) bond motifs is 3. The Morgan fingerprint density at radius 1 is 1.52 bits per heavy atom. The smallest absolute Gasteiger partial charge is 0.324 e. The van der Waals surface area contributed by atoms with Crippen LogP contribution in [0.3, 0.4) is 0 Å². The molecule has 2 aromatic rings. The molecule has 2 aromatic heterocycles. The van der Waals surface area contributed by atoms with Crippen molar-refractivity contribution in [3.05, 3.63) is 16.7 Å². The molecule has 0 aliphatic carbocycles. The van der Waals surface area contributed by atoms with Crippen molar-refractivity contribution in [1.82, 2.24) is 19.5 Å². The molecule has 0 spiro atoms. The Labute approximate surface area is 184 Å². The molecule has 4 rings (SSSR count). The summed E-state index contributed by atoms with van der Waals surface area (Å²) >= 11 is 5.22. The Bertz CT molecular complexity index is 1080. The second kappa shape index (κ2) is 7.87. The number of aromatic amines is 1. The Morgan fingerprint density at radius 2 is 2.26 bits per heavy atom. The van der Waals surface area contributed by atoms with Crippen molar-refractivity contribution in [2.75, 3.05) is 18.9 Å². The first-order chi connectivity index (χ1) is 14.4. The molecule has 13 heteroatoms. The normalized spacial score (nSPS) is 30.5. The summed E-state index contributed by atoms with van der Waals surface area (Å²) in [4.78, 5) is 33.7. The molecule has 31 heavy (non-hydrogen) atoms. The highest BCUT2D eigenvalue weighted by molar-refractivity contribution is 8.07. The number of aromatic nitrogens is 4. The summed E-state index contributed by atoms with van der Waals surface area (Å²) in [5.74, 6) is -0.0273. The molecule has 2 aliphatic rings. The first kappa shape index (κ1) is 22.8. The van der Waals surface area contributed by atoms with Crippen molar-refractivity contribution in [2.45, 2.75) is 64.6 Å². The van der Waals surface area contributed by atoms with E-state index in [1.807, 2.05) is 0 Å². The number of anilines is 1. The van der Waals surface area contributed by atoms with E-state index in [2.05, 4.69) is 35.7 Å². The monoisotopic (exact) mass is 473 g/mol. The van der Waals surface area contributed by atoms with Gasteiger partial charge in [-0.3, -0.25) is 18.9 Å². The number of ether oxygens (including phenoxy) is 2. The van der Waals surface area contributed by atoms with E-state index in [1.54, 1.807) is 11.5 Å². The minimum Gasteiger partial charge on any atom is -0.371 e. The maximum atomic E-state index is 12.2. The van der Waals surface area contributed by atoms with Crippen molar-refractivity contribution < 1.29 is 23.4 Å². The molecule has 0 aromatic carbocycles. The van der Waals surface area contributed by atoms with Crippen LogP contribution in [0.4, 0.5) is 5.95 Å². The van der Waals surface area contributed by atoms with Gasteiger partial charge < -0.3 is 24.6 Å². The molecule has 0 radical (unpaired) electrons. The van der Waals surface area contributed by atoms with E-state index in [0.29, 0.717) is 19.4 Å². The Morgan fingerprint density at radius 3 is 2.94 bits per heavy atom. The summed E-state index contributed by atoms with van der Waals surface area (Å²) in [5.41, 5.74) is 4.83. The van der Waals surface area contributed by atoms with Crippen molar-refractivity contribution in [1.29, 1.82) is 0 Å². The fraction of sp³-hybridized carbons (Fsp3) is 0.722. The van der Waals surface area contributed by atoms with Gasteiger partial charge >= 0.3 is 6.72 Å². The molecule has 2 fully saturated rings. The molecule has 172 valence electrons. The summed E-state index contributed by atoms with van der Waals surface area (Å²) in [5, 5.41) is 0. The van der Waals surface area contributed by atoms with Gasteiger partial charge in [-0.1, -0.05) is 20.8 Å². The molecule has 2 aliphatic heterocycles. The lowest BCUT2D eigenvalue weighted by atomic mass is 9.76. The topological polar surface area (TPSA) is 147 Å². The number of imidazole rings is 1. The van der Waals surface area contributed by atoms with Crippen LogP contribution in [0.15, 0.2) is 11.1 Å². The van der Waals surface area contributed by atoms with Crippen LogP contribution in [0.25, 0.3) is 11.2 Å². The van der Waals surface area contributed by atoms with Crippen LogP contribution >= 0.6 is 6.72 Å². The molecule has 3 unspecified atom stereocenters. The number of nitrogen functional groups attached to an aromatic ring is 1. The molecule has 4 N–H and O–H groups in total. The van der Waals surface area contributed by atoms with E-state index in [1.165, 1.54) is 6.33 Å². The summed E-state index contributed by atoms with van der Waals surface area (Å²) in [6.45, 7) is 5.20. The van der Waals surface area contributed by atoms with Crippen molar-refractivity contribution in [3.8, 4) is 0 Å². The van der Waals surface area contributed by atoms with Gasteiger partial charge in [-0.05, 0) is 30.6 Å². The van der Waals surface area contributed by atoms with Gasteiger partial charge in [0.2, 0.25) is 5.95 Å². The third-order valence-corrected chi connectivity index (χ3v) is 7.03. The quantitative estimate of drug-likeness (QED) is 0.531. The van der Waals surface area contributed by atoms with E-state index in [9.17, 15) is 9.69 Å². The number of nitrogens with zero attached hydrogens (tertiary/aromatic N) is 3. The summed E-state index contributed by atoms with van der Waals surface area (Å²) in [6.07, 6.45) is 0.651. The zero-order chi connectivity index (χ0) is 22.6. The van der Waals surface area contributed by atoms with Gasteiger partial charge in [-0.15, -0.1) is 0 Å². The fourth-order valence-electron chi connectivity index (χ4n) is 4.53. The minimum atomic E-state index is -3.51. The highest BCUT2D eigenvalue weighted by atomic mass is 32.5. The Balaban J connectivity index is 1.80. The molecule has 0 saturated carbocycles. The predicted molar refractivity (Wildman–Crippen MR) is 117 cm³/mol. The molecule has 0 amide bonds. The SMILES string of the molecule is CCOP(O)(=S)OC1C2OCC[C@]1(CC(C)(C)C)O[C@H]2n1cnc2c(=O)[nH]c(N)nc21. The first-order valence-electron chi connectivity index (χ1n) is 10.1. The zero-order valence-electron chi connectivity index (χ0n) is 17.9. The van der Waals surface area contributed by atoms with Gasteiger partial charge in [-0.2, -0.15) is 4.98 Å². The standard InChI is InChI=1S/C18H28N5O6PS/c1-5-27-30(25,31)29-12-11-15(28-18(12,6-7-26-11)8-17(2,3)4)23-9-20-10-13(23)21-16(19)22-14(10)24/h9,11-12,15H,5-8H2,1-4H3,(H,25,31)(H3,19,21,22,24)/t11?,12?,15-,18-,30?/m1/s1. The number of hydrogen-bond donors (Lipinski definition) is 3. The summed E-state index contributed by atoms with van der Waals surface area (Å²) in [7, 11) is 0. The molecule has 5 atom stereocenters. The number of H-pyrrole nitrogens is 1. The van der Waals surface area contributed by atoms with E-state index in [4.69, 9.17) is 36.1 Å². The van der Waals surface area contributed by atoms with E-state index < -0.39 is 36.3 Å². The third kappa shape index (κ3) is 4.30. The lowest BCUT2D eigenvalue weighted by molar-refractivity contribution is -0.132. The predicted octanol–water partition coefficient (Wildman–Crippen LogP) is 1.83. The van der Waals surface area contributed by atoms with Crippen LogP contribution in [-0.2, 0) is 30.3 Å². The van der Waals surface area contributed by atoms with Gasteiger partial charge in [0.05, 0.1) is 19.5 Å². The van der Waals surface area contributed by atoms with Crippen LogP contribution in [0.2, 0.25) is 0 Å². The van der Waals surface area contributed by atoms with Crippen LogP contribution in [-0.4, -0.2) is 55.4 Å². The van der Waals surface area contributed by atoms with Crippen LogP contribution in [0.1, 0.15) is 46.8 Å². The second-order valence-electron chi connectivity index (χ2n) is 9.08. The number of nitrogens with two attached hydrogens (primary N) is 1. The maximum absolute atomic E-state index is 12.2. The van der Waals surface area contributed by atoms with Crippen molar-refractivity contribution >= 4 is 35.6 Å². The van der Waals surface area contributed by atoms with E-state index in [0.717, 1.165) is 0 Å². The van der Waals surface area contributed by atoms with Gasteiger partial charge in [0.25, 0.3) is 5.56 Å². The second-order valence-corrected chi connectivity index (χ2v) is 11.9. The highest BCUT2D eigenvalue weighted by Crippen LogP contribution is 2.57. The van der Waals surface area contributed by atoms with Crippen molar-refractivity contribution in [2.24, 2.45) is 5.41 Å². The Kier molecular flexibility index (Phi) is 5.79. The van der Waals surface area contributed by atoms with Gasteiger partial charge in [0.1, 0.15) is 17.8 Å².